The maximum Gasteiger partial charge on any atom is 0.314 e. The van der Waals surface area contributed by atoms with Gasteiger partial charge in [0.25, 0.3) is 0 Å². The second-order valence-corrected chi connectivity index (χ2v) is 10.5. The molecule has 2 aromatic carbocycles. The van der Waals surface area contributed by atoms with E-state index in [1.165, 1.54) is 0 Å². The normalized spacial score (nSPS) is 17.1. The first-order chi connectivity index (χ1) is 19.5. The zero-order valence-electron chi connectivity index (χ0n) is 23.1. The van der Waals surface area contributed by atoms with E-state index in [4.69, 9.17) is 4.74 Å². The van der Waals surface area contributed by atoms with Crippen LogP contribution in [0.3, 0.4) is 0 Å². The minimum atomic E-state index is -2.39. The number of carbonyl (C=O) groups excluding carboxylic acids is 1. The van der Waals surface area contributed by atoms with Crippen molar-refractivity contribution in [3.05, 3.63) is 46.5 Å². The molecular formula is C30H34F8O3. The van der Waals surface area contributed by atoms with Crippen LogP contribution in [-0.4, -0.2) is 12.6 Å². The maximum atomic E-state index is 14.9. The van der Waals surface area contributed by atoms with E-state index in [9.17, 15) is 39.9 Å². The first-order valence-electron chi connectivity index (χ1n) is 14.1. The van der Waals surface area contributed by atoms with Gasteiger partial charge in [-0.25, -0.2) is 17.6 Å². The monoisotopic (exact) mass is 594 g/mol. The standard InChI is InChI=1S/C30H34F8O3/c1-3-5-6-7-8-9-15-40-28-24(35)20(31)18(21(32)25(28)36)19-22(33)26(37)29(27(38)23(19)34)41-30(39)17-13-11-16(10-4-2)12-14-17/h16-17H,3-15H2,1-2H3/t16-,17-. The van der Waals surface area contributed by atoms with Crippen molar-refractivity contribution >= 4 is 5.97 Å². The number of halogens is 8. The van der Waals surface area contributed by atoms with Gasteiger partial charge in [0.2, 0.25) is 29.0 Å². The van der Waals surface area contributed by atoms with Gasteiger partial charge in [0, 0.05) is 0 Å². The summed E-state index contributed by atoms with van der Waals surface area (Å²) in [6.07, 6.45) is 8.59. The van der Waals surface area contributed by atoms with Crippen molar-refractivity contribution < 1.29 is 49.4 Å². The van der Waals surface area contributed by atoms with Crippen molar-refractivity contribution in [2.45, 2.75) is 90.9 Å². The zero-order chi connectivity index (χ0) is 30.3. The van der Waals surface area contributed by atoms with E-state index in [1.807, 2.05) is 13.8 Å². The Bertz CT molecular complexity index is 1170. The highest BCUT2D eigenvalue weighted by Gasteiger charge is 2.37. The molecule has 0 N–H and O–H groups in total. The van der Waals surface area contributed by atoms with Crippen LogP contribution in [-0.2, 0) is 4.79 Å². The van der Waals surface area contributed by atoms with Crippen molar-refractivity contribution in [1.82, 2.24) is 0 Å². The van der Waals surface area contributed by atoms with Gasteiger partial charge < -0.3 is 9.47 Å². The Hall–Kier alpha value is -2.85. The third kappa shape index (κ3) is 7.33. The fraction of sp³-hybridized carbons (Fsp3) is 0.567. The fourth-order valence-corrected chi connectivity index (χ4v) is 5.21. The highest BCUT2D eigenvalue weighted by atomic mass is 19.2. The average molecular weight is 595 g/mol. The van der Waals surface area contributed by atoms with Gasteiger partial charge in [0.15, 0.2) is 29.0 Å². The van der Waals surface area contributed by atoms with E-state index in [1.54, 1.807) is 0 Å². The molecule has 1 saturated carbocycles. The Morgan fingerprint density at radius 2 is 1.07 bits per heavy atom. The molecule has 0 heterocycles. The number of carbonyl (C=O) groups is 1. The predicted molar refractivity (Wildman–Crippen MR) is 136 cm³/mol. The van der Waals surface area contributed by atoms with E-state index in [0.717, 1.165) is 38.5 Å². The molecule has 11 heteroatoms. The SMILES string of the molecule is CCCCCCCCOc1c(F)c(F)c(-c2c(F)c(F)c(OC(=O)[C@H]3CC[C@H](CCC)CC3)c(F)c2F)c(F)c1F. The maximum absolute atomic E-state index is 14.9. The van der Waals surface area contributed by atoms with Crippen LogP contribution in [0, 0.1) is 58.4 Å². The minimum absolute atomic E-state index is 0.301. The number of benzene rings is 2. The molecule has 0 saturated heterocycles. The molecule has 0 aromatic heterocycles. The van der Waals surface area contributed by atoms with Crippen LogP contribution >= 0.6 is 0 Å². The van der Waals surface area contributed by atoms with Gasteiger partial charge in [-0.2, -0.15) is 17.6 Å². The van der Waals surface area contributed by atoms with Crippen molar-refractivity contribution in [3.63, 3.8) is 0 Å². The molecule has 0 unspecified atom stereocenters. The largest absolute Gasteiger partial charge is 0.487 e. The van der Waals surface area contributed by atoms with Crippen LogP contribution < -0.4 is 9.47 Å². The molecule has 0 aliphatic heterocycles. The number of unbranched alkanes of at least 4 members (excludes halogenated alkanes) is 5. The lowest BCUT2D eigenvalue weighted by Gasteiger charge is -2.27. The van der Waals surface area contributed by atoms with E-state index < -0.39 is 81.1 Å². The molecule has 0 atom stereocenters. The molecule has 1 fully saturated rings. The molecule has 0 bridgehead atoms. The lowest BCUT2D eigenvalue weighted by Crippen LogP contribution is -2.26. The Labute approximate surface area is 234 Å². The van der Waals surface area contributed by atoms with Gasteiger partial charge in [-0.05, 0) is 38.0 Å². The molecule has 1 aliphatic rings. The third-order valence-corrected chi connectivity index (χ3v) is 7.52. The van der Waals surface area contributed by atoms with Crippen molar-refractivity contribution in [3.8, 4) is 22.6 Å². The molecule has 0 spiro atoms. The van der Waals surface area contributed by atoms with Crippen molar-refractivity contribution in [2.75, 3.05) is 6.61 Å². The van der Waals surface area contributed by atoms with E-state index in [-0.39, 0.29) is 6.61 Å². The molecule has 0 radical (unpaired) electrons. The smallest absolute Gasteiger partial charge is 0.314 e. The quantitative estimate of drug-likeness (QED) is 0.0762. The van der Waals surface area contributed by atoms with Crippen LogP contribution in [0.2, 0.25) is 0 Å². The summed E-state index contributed by atoms with van der Waals surface area (Å²) in [6, 6.07) is 0. The third-order valence-electron chi connectivity index (χ3n) is 7.52. The van der Waals surface area contributed by atoms with Crippen LogP contribution in [0.4, 0.5) is 35.1 Å². The van der Waals surface area contributed by atoms with Gasteiger partial charge >= 0.3 is 5.97 Å². The summed E-state index contributed by atoms with van der Waals surface area (Å²) in [5.74, 6) is -22.9. The van der Waals surface area contributed by atoms with Crippen molar-refractivity contribution in [2.24, 2.45) is 11.8 Å². The number of rotatable bonds is 13. The highest BCUT2D eigenvalue weighted by Crippen LogP contribution is 2.42. The number of ether oxygens (including phenoxy) is 2. The van der Waals surface area contributed by atoms with E-state index in [0.29, 0.717) is 44.4 Å². The molecule has 3 rings (SSSR count). The summed E-state index contributed by atoms with van der Waals surface area (Å²) in [4.78, 5) is 12.5. The lowest BCUT2D eigenvalue weighted by molar-refractivity contribution is -0.140. The zero-order valence-corrected chi connectivity index (χ0v) is 23.1. The fourth-order valence-electron chi connectivity index (χ4n) is 5.21. The summed E-state index contributed by atoms with van der Waals surface area (Å²) < 4.78 is 128. The second kappa shape index (κ2) is 14.9. The minimum Gasteiger partial charge on any atom is -0.487 e. The topological polar surface area (TPSA) is 35.5 Å². The van der Waals surface area contributed by atoms with Crippen LogP contribution in [0.1, 0.15) is 90.9 Å². The van der Waals surface area contributed by atoms with Crippen LogP contribution in [0.5, 0.6) is 11.5 Å². The summed E-state index contributed by atoms with van der Waals surface area (Å²) in [5.41, 5.74) is -4.04. The summed E-state index contributed by atoms with van der Waals surface area (Å²) in [7, 11) is 0. The highest BCUT2D eigenvalue weighted by molar-refractivity contribution is 5.76. The van der Waals surface area contributed by atoms with Gasteiger partial charge in [-0.3, -0.25) is 4.79 Å². The Kier molecular flexibility index (Phi) is 11.8. The predicted octanol–water partition coefficient (Wildman–Crippen LogP) is 9.72. The molecule has 1 aliphatic carbocycles. The van der Waals surface area contributed by atoms with Crippen LogP contribution in [0.25, 0.3) is 11.1 Å². The molecule has 3 nitrogen and oxygen atoms in total. The molecule has 2 aromatic rings. The van der Waals surface area contributed by atoms with Gasteiger partial charge in [0.05, 0.1) is 23.7 Å². The van der Waals surface area contributed by atoms with E-state index >= 15 is 0 Å². The van der Waals surface area contributed by atoms with Gasteiger partial charge in [-0.1, -0.05) is 58.8 Å². The summed E-state index contributed by atoms with van der Waals surface area (Å²) in [6.45, 7) is 3.73. The second-order valence-electron chi connectivity index (χ2n) is 10.5. The molecule has 228 valence electrons. The Morgan fingerprint density at radius 1 is 0.610 bits per heavy atom. The van der Waals surface area contributed by atoms with Crippen LogP contribution in [0.15, 0.2) is 0 Å². The average Bonchev–Trinajstić information content (AvgIpc) is 2.96. The Morgan fingerprint density at radius 3 is 1.56 bits per heavy atom. The molecule has 0 amide bonds. The molecule has 41 heavy (non-hydrogen) atoms. The van der Waals surface area contributed by atoms with E-state index in [2.05, 4.69) is 4.74 Å². The first-order valence-corrected chi connectivity index (χ1v) is 14.1. The lowest BCUT2D eigenvalue weighted by atomic mass is 9.80. The van der Waals surface area contributed by atoms with Crippen molar-refractivity contribution in [1.29, 1.82) is 0 Å². The van der Waals surface area contributed by atoms with Gasteiger partial charge in [0.1, 0.15) is 0 Å². The number of hydrogen-bond donors (Lipinski definition) is 0. The first kappa shape index (κ1) is 32.7. The number of esters is 1. The molecular weight excluding hydrogens is 560 g/mol. The van der Waals surface area contributed by atoms with Gasteiger partial charge in [-0.15, -0.1) is 0 Å². The summed E-state index contributed by atoms with van der Waals surface area (Å²) in [5, 5.41) is 0. The number of hydrogen-bond acceptors (Lipinski definition) is 3. The Balaban J connectivity index is 1.86. The summed E-state index contributed by atoms with van der Waals surface area (Å²) >= 11 is 0.